The Balaban J connectivity index is 1.48. The maximum Gasteiger partial charge on any atom is 0.123 e. The highest BCUT2D eigenvalue weighted by molar-refractivity contribution is 6.59. The van der Waals surface area contributed by atoms with Gasteiger partial charge in [-0.3, -0.25) is 0 Å². The van der Waals surface area contributed by atoms with Crippen molar-refractivity contribution < 1.29 is 4.39 Å². The molecule has 2 aromatic carbocycles. The third kappa shape index (κ3) is 6.50. The topological polar surface area (TPSA) is 0 Å². The number of rotatable bonds is 6. The van der Waals surface area contributed by atoms with E-state index in [0.717, 1.165) is 11.5 Å². The van der Waals surface area contributed by atoms with E-state index in [1.54, 1.807) is 18.2 Å². The van der Waals surface area contributed by atoms with Crippen molar-refractivity contribution in [1.29, 1.82) is 0 Å². The smallest absolute Gasteiger partial charge is 0.123 e. The van der Waals surface area contributed by atoms with E-state index < -0.39 is 8.80 Å². The Morgan fingerprint density at radius 3 is 2.39 bits per heavy atom. The lowest BCUT2D eigenvalue weighted by molar-refractivity contribution is 0.603. The highest BCUT2D eigenvalue weighted by Crippen LogP contribution is 2.35. The zero-order chi connectivity index (χ0) is 19.6. The molecule has 2 aromatic rings. The number of hydrogen-bond acceptors (Lipinski definition) is 0. The van der Waals surface area contributed by atoms with Gasteiger partial charge in [-0.25, -0.2) is 4.39 Å². The molecule has 0 nitrogen and oxygen atoms in total. The van der Waals surface area contributed by atoms with Gasteiger partial charge in [0.05, 0.1) is 0 Å². The number of benzene rings is 2. The molecule has 1 aliphatic heterocycles. The van der Waals surface area contributed by atoms with Gasteiger partial charge in [0.2, 0.25) is 0 Å². The van der Waals surface area contributed by atoms with E-state index >= 15 is 0 Å². The molecule has 2 heteroatoms. The fraction of sp³-hybridized carbons (Fsp3) is 0.385. The van der Waals surface area contributed by atoms with Crippen molar-refractivity contribution in [3.8, 4) is 11.8 Å². The summed E-state index contributed by atoms with van der Waals surface area (Å²) in [6.07, 6.45) is 11.0. The number of hydrogen-bond donors (Lipinski definition) is 0. The zero-order valence-electron chi connectivity index (χ0n) is 17.0. The molecule has 1 fully saturated rings. The van der Waals surface area contributed by atoms with E-state index in [9.17, 15) is 4.39 Å². The molecule has 146 valence electrons. The minimum Gasteiger partial charge on any atom is -0.207 e. The van der Waals surface area contributed by atoms with Crippen LogP contribution >= 0.6 is 0 Å². The predicted molar refractivity (Wildman–Crippen MR) is 122 cm³/mol. The minimum absolute atomic E-state index is 0.228. The Kier molecular flexibility index (Phi) is 8.12. The van der Waals surface area contributed by atoms with Crippen LogP contribution in [0.25, 0.3) is 6.08 Å². The minimum atomic E-state index is -0.425. The summed E-state index contributed by atoms with van der Waals surface area (Å²) in [5.41, 5.74) is 3.52. The Hall–Kier alpha value is -2.11. The van der Waals surface area contributed by atoms with Gasteiger partial charge in [-0.15, -0.1) is 0 Å². The van der Waals surface area contributed by atoms with Crippen molar-refractivity contribution in [3.63, 3.8) is 0 Å². The Morgan fingerprint density at radius 1 is 1.00 bits per heavy atom. The largest absolute Gasteiger partial charge is 0.207 e. The van der Waals surface area contributed by atoms with E-state index in [0.29, 0.717) is 0 Å². The van der Waals surface area contributed by atoms with Crippen molar-refractivity contribution in [3.05, 3.63) is 77.1 Å². The van der Waals surface area contributed by atoms with Gasteiger partial charge in [0.1, 0.15) is 5.82 Å². The quantitative estimate of drug-likeness (QED) is 0.278. The molecule has 3 rings (SSSR count). The molecule has 0 N–H and O–H groups in total. The molecule has 1 saturated heterocycles. The van der Waals surface area contributed by atoms with Gasteiger partial charge in [0.15, 0.2) is 0 Å². The van der Waals surface area contributed by atoms with E-state index in [2.05, 4.69) is 43.0 Å². The second kappa shape index (κ2) is 11.0. The zero-order valence-corrected chi connectivity index (χ0v) is 18.1. The van der Waals surface area contributed by atoms with Crippen LogP contribution in [0.3, 0.4) is 0 Å². The Morgan fingerprint density at radius 2 is 1.71 bits per heavy atom. The first-order valence-electron chi connectivity index (χ1n) is 10.8. The van der Waals surface area contributed by atoms with Crippen molar-refractivity contribution in [2.24, 2.45) is 0 Å². The van der Waals surface area contributed by atoms with Crippen LogP contribution in [0.1, 0.15) is 61.6 Å². The Bertz CT molecular complexity index is 800. The lowest BCUT2D eigenvalue weighted by atomic mass is 9.93. The molecular weight excluding hydrogens is 359 g/mol. The average molecular weight is 391 g/mol. The van der Waals surface area contributed by atoms with Gasteiger partial charge in [-0.2, -0.15) is 0 Å². The van der Waals surface area contributed by atoms with E-state index in [-0.39, 0.29) is 5.82 Å². The molecule has 1 heterocycles. The average Bonchev–Trinajstić information content (AvgIpc) is 2.74. The lowest BCUT2D eigenvalue weighted by Crippen LogP contribution is -2.20. The lowest BCUT2D eigenvalue weighted by Gasteiger charge is -2.28. The summed E-state index contributed by atoms with van der Waals surface area (Å²) in [6.45, 7) is 2.30. The number of allylic oxidation sites excluding steroid dienone is 1. The molecule has 0 unspecified atom stereocenters. The van der Waals surface area contributed by atoms with Crippen LogP contribution in [0, 0.1) is 17.7 Å². The summed E-state index contributed by atoms with van der Waals surface area (Å²) < 4.78 is 12.9. The predicted octanol–water partition coefficient (Wildman–Crippen LogP) is 7.19. The van der Waals surface area contributed by atoms with Crippen LogP contribution < -0.4 is 0 Å². The summed E-state index contributed by atoms with van der Waals surface area (Å²) in [5.74, 6) is 6.59. The molecule has 0 aliphatic carbocycles. The summed E-state index contributed by atoms with van der Waals surface area (Å²) in [6, 6.07) is 19.9. The van der Waals surface area contributed by atoms with Crippen LogP contribution in [-0.2, 0) is 0 Å². The SMILES string of the molecule is CCCCC[SiH]1CCC(c2ccc(C=CC#Cc3ccc(F)cc3)cc2)CC1. The van der Waals surface area contributed by atoms with Gasteiger partial charge in [-0.05, 0) is 66.3 Å². The van der Waals surface area contributed by atoms with Gasteiger partial charge in [-0.1, -0.05) is 80.4 Å². The first-order chi connectivity index (χ1) is 13.7. The molecule has 1 aliphatic rings. The summed E-state index contributed by atoms with van der Waals surface area (Å²) >= 11 is 0. The fourth-order valence-corrected chi connectivity index (χ4v) is 7.62. The normalized spacial score (nSPS) is 19.4. The van der Waals surface area contributed by atoms with Gasteiger partial charge in [0, 0.05) is 14.4 Å². The second-order valence-electron chi connectivity index (χ2n) is 7.99. The standard InChI is InChI=1S/C26H31FSi/c1-2-3-6-19-28-20-17-25(18-21-28)24-13-9-22(10-14-24)7-4-5-8-23-11-15-26(27)16-12-23/h4,7,9-16,25,28H,2-3,6,17-21H2,1H3. The van der Waals surface area contributed by atoms with Gasteiger partial charge in [0.25, 0.3) is 0 Å². The molecule has 28 heavy (non-hydrogen) atoms. The van der Waals surface area contributed by atoms with E-state index in [1.807, 2.05) is 12.2 Å². The Labute approximate surface area is 171 Å². The van der Waals surface area contributed by atoms with Crippen LogP contribution in [0.2, 0.25) is 18.1 Å². The third-order valence-corrected chi connectivity index (χ3v) is 9.41. The molecule has 0 radical (unpaired) electrons. The maximum absolute atomic E-state index is 12.9. The number of unbranched alkanes of at least 4 members (excludes halogenated alkanes) is 2. The third-order valence-electron chi connectivity index (χ3n) is 5.89. The summed E-state index contributed by atoms with van der Waals surface area (Å²) in [5, 5.41) is 0. The number of halogens is 1. The summed E-state index contributed by atoms with van der Waals surface area (Å²) in [4.78, 5) is 0. The van der Waals surface area contributed by atoms with Crippen LogP contribution in [0.15, 0.2) is 54.6 Å². The van der Waals surface area contributed by atoms with Crippen molar-refractivity contribution in [1.82, 2.24) is 0 Å². The molecule has 0 amide bonds. The van der Waals surface area contributed by atoms with Crippen LogP contribution in [0.4, 0.5) is 4.39 Å². The maximum atomic E-state index is 12.9. The second-order valence-corrected chi connectivity index (χ2v) is 11.5. The molecule has 0 spiro atoms. The molecule has 0 aromatic heterocycles. The molecule has 0 saturated carbocycles. The van der Waals surface area contributed by atoms with Crippen LogP contribution in [0.5, 0.6) is 0 Å². The van der Waals surface area contributed by atoms with E-state index in [4.69, 9.17) is 0 Å². The van der Waals surface area contributed by atoms with Crippen molar-refractivity contribution in [2.75, 3.05) is 0 Å². The molecule has 0 bridgehead atoms. The van der Waals surface area contributed by atoms with Crippen molar-refractivity contribution in [2.45, 2.75) is 63.1 Å². The van der Waals surface area contributed by atoms with Gasteiger partial charge >= 0.3 is 0 Å². The van der Waals surface area contributed by atoms with Crippen LogP contribution in [-0.4, -0.2) is 8.80 Å². The van der Waals surface area contributed by atoms with Crippen molar-refractivity contribution >= 4 is 14.9 Å². The first-order valence-corrected chi connectivity index (χ1v) is 13.2. The first kappa shape index (κ1) is 20.6. The molecule has 0 atom stereocenters. The van der Waals surface area contributed by atoms with E-state index in [1.165, 1.54) is 67.5 Å². The highest BCUT2D eigenvalue weighted by atomic mass is 28.3. The summed E-state index contributed by atoms with van der Waals surface area (Å²) in [7, 11) is -0.425. The molecular formula is C26H31FSi. The van der Waals surface area contributed by atoms with Gasteiger partial charge < -0.3 is 0 Å². The highest BCUT2D eigenvalue weighted by Gasteiger charge is 2.22. The monoisotopic (exact) mass is 390 g/mol. The fourth-order valence-electron chi connectivity index (χ4n) is 4.14.